The first kappa shape index (κ1) is 16.0. The molecule has 1 aromatic heterocycles. The SMILES string of the molecule is CCOc1ccc(NC(=O)C[C@@H]2Cn3nc(C)nc3NC2=O)cc1. The second kappa shape index (κ2) is 6.69. The highest BCUT2D eigenvalue weighted by atomic mass is 16.5. The summed E-state index contributed by atoms with van der Waals surface area (Å²) in [5.41, 5.74) is 0.664. The van der Waals surface area contributed by atoms with Gasteiger partial charge in [-0.05, 0) is 38.1 Å². The predicted octanol–water partition coefficient (Wildman–Crippen LogP) is 1.58. The number of hydrogen-bond donors (Lipinski definition) is 2. The van der Waals surface area contributed by atoms with Crippen LogP contribution in [0.15, 0.2) is 24.3 Å². The van der Waals surface area contributed by atoms with Crippen LogP contribution < -0.4 is 15.4 Å². The standard InChI is InChI=1S/C16H19N5O3/c1-3-24-13-6-4-12(5-7-13)18-14(22)8-11-9-21-16(19-15(11)23)17-10(2)20-21/h4-7,11H,3,8-9H2,1-2H3,(H,18,22)(H,17,19,20,23)/t11-/m1/s1. The van der Waals surface area contributed by atoms with E-state index in [-0.39, 0.29) is 18.2 Å². The molecule has 1 aromatic carbocycles. The van der Waals surface area contributed by atoms with Crippen molar-refractivity contribution in [3.63, 3.8) is 0 Å². The molecule has 0 fully saturated rings. The van der Waals surface area contributed by atoms with Gasteiger partial charge in [0.25, 0.3) is 0 Å². The molecule has 0 bridgehead atoms. The predicted molar refractivity (Wildman–Crippen MR) is 87.7 cm³/mol. The molecule has 2 amide bonds. The number of benzene rings is 1. The molecule has 2 aromatic rings. The summed E-state index contributed by atoms with van der Waals surface area (Å²) in [5.74, 6) is 0.860. The normalized spacial score (nSPS) is 16.2. The summed E-state index contributed by atoms with van der Waals surface area (Å²) < 4.78 is 6.97. The summed E-state index contributed by atoms with van der Waals surface area (Å²) in [6.45, 7) is 4.60. The van der Waals surface area contributed by atoms with Crippen molar-refractivity contribution >= 4 is 23.5 Å². The van der Waals surface area contributed by atoms with E-state index < -0.39 is 5.92 Å². The van der Waals surface area contributed by atoms with Crippen molar-refractivity contribution in [2.45, 2.75) is 26.8 Å². The second-order valence-electron chi connectivity index (χ2n) is 5.56. The van der Waals surface area contributed by atoms with E-state index in [1.54, 1.807) is 35.9 Å². The van der Waals surface area contributed by atoms with Crippen LogP contribution in [0.2, 0.25) is 0 Å². The Labute approximate surface area is 139 Å². The van der Waals surface area contributed by atoms with Crippen LogP contribution in [0.4, 0.5) is 11.6 Å². The minimum Gasteiger partial charge on any atom is -0.494 e. The van der Waals surface area contributed by atoms with Crippen LogP contribution in [0.25, 0.3) is 0 Å². The zero-order chi connectivity index (χ0) is 17.1. The number of rotatable bonds is 5. The Morgan fingerprint density at radius 2 is 2.17 bits per heavy atom. The van der Waals surface area contributed by atoms with Crippen LogP contribution in [-0.2, 0) is 16.1 Å². The van der Waals surface area contributed by atoms with Gasteiger partial charge in [0, 0.05) is 12.1 Å². The Morgan fingerprint density at radius 1 is 1.42 bits per heavy atom. The summed E-state index contributed by atoms with van der Waals surface area (Å²) >= 11 is 0. The van der Waals surface area contributed by atoms with Crippen LogP contribution in [0.3, 0.4) is 0 Å². The number of carbonyl (C=O) groups is 2. The quantitative estimate of drug-likeness (QED) is 0.868. The average Bonchev–Trinajstić information content (AvgIpc) is 2.89. The summed E-state index contributed by atoms with van der Waals surface area (Å²) in [6, 6.07) is 7.11. The van der Waals surface area contributed by atoms with Gasteiger partial charge in [0.05, 0.1) is 19.1 Å². The zero-order valence-electron chi connectivity index (χ0n) is 13.6. The van der Waals surface area contributed by atoms with E-state index in [0.29, 0.717) is 30.6 Å². The van der Waals surface area contributed by atoms with E-state index in [9.17, 15) is 9.59 Å². The van der Waals surface area contributed by atoms with E-state index in [2.05, 4.69) is 20.7 Å². The number of ether oxygens (including phenoxy) is 1. The minimum absolute atomic E-state index is 0.0807. The molecule has 0 radical (unpaired) electrons. The largest absolute Gasteiger partial charge is 0.494 e. The number of anilines is 2. The molecule has 1 aliphatic heterocycles. The van der Waals surface area contributed by atoms with Gasteiger partial charge in [-0.2, -0.15) is 10.1 Å². The average molecular weight is 329 g/mol. The molecule has 0 saturated heterocycles. The lowest BCUT2D eigenvalue weighted by Crippen LogP contribution is -2.36. The Bertz CT molecular complexity index is 754. The van der Waals surface area contributed by atoms with Crippen molar-refractivity contribution in [2.24, 2.45) is 5.92 Å². The molecular weight excluding hydrogens is 310 g/mol. The van der Waals surface area contributed by atoms with Crippen molar-refractivity contribution in [3.05, 3.63) is 30.1 Å². The lowest BCUT2D eigenvalue weighted by Gasteiger charge is -2.21. The van der Waals surface area contributed by atoms with Crippen LogP contribution in [-0.4, -0.2) is 33.2 Å². The highest BCUT2D eigenvalue weighted by Crippen LogP contribution is 2.20. The van der Waals surface area contributed by atoms with Crippen LogP contribution in [0.1, 0.15) is 19.2 Å². The van der Waals surface area contributed by atoms with Crippen molar-refractivity contribution in [1.29, 1.82) is 0 Å². The smallest absolute Gasteiger partial charge is 0.232 e. The molecule has 0 unspecified atom stereocenters. The number of amides is 2. The summed E-state index contributed by atoms with van der Waals surface area (Å²) in [6.07, 6.45) is 0.0807. The molecule has 8 heteroatoms. The van der Waals surface area contributed by atoms with Gasteiger partial charge in [0.15, 0.2) is 0 Å². The number of nitrogens with one attached hydrogen (secondary N) is 2. The Balaban J connectivity index is 1.59. The zero-order valence-corrected chi connectivity index (χ0v) is 13.6. The third kappa shape index (κ3) is 3.53. The van der Waals surface area contributed by atoms with Gasteiger partial charge in [0.1, 0.15) is 11.6 Å². The molecule has 3 rings (SSSR count). The third-order valence-corrected chi connectivity index (χ3v) is 3.66. The van der Waals surface area contributed by atoms with Gasteiger partial charge < -0.3 is 10.1 Å². The maximum atomic E-state index is 12.2. The van der Waals surface area contributed by atoms with E-state index in [1.165, 1.54) is 0 Å². The second-order valence-corrected chi connectivity index (χ2v) is 5.56. The fourth-order valence-corrected chi connectivity index (χ4v) is 2.57. The van der Waals surface area contributed by atoms with Crippen molar-refractivity contribution in [3.8, 4) is 5.75 Å². The first-order chi connectivity index (χ1) is 11.5. The highest BCUT2D eigenvalue weighted by Gasteiger charge is 2.29. The van der Waals surface area contributed by atoms with E-state index in [1.807, 2.05) is 6.92 Å². The van der Waals surface area contributed by atoms with Crippen LogP contribution in [0.5, 0.6) is 5.75 Å². The molecular formula is C16H19N5O3. The Hall–Kier alpha value is -2.90. The van der Waals surface area contributed by atoms with E-state index in [0.717, 1.165) is 5.75 Å². The summed E-state index contributed by atoms with van der Waals surface area (Å²) in [4.78, 5) is 28.4. The number of carbonyl (C=O) groups excluding carboxylic acids is 2. The maximum Gasteiger partial charge on any atom is 0.232 e. The summed E-state index contributed by atoms with van der Waals surface area (Å²) in [5, 5.41) is 9.66. The molecule has 2 heterocycles. The van der Waals surface area contributed by atoms with Crippen LogP contribution in [0, 0.1) is 12.8 Å². The molecule has 8 nitrogen and oxygen atoms in total. The molecule has 1 aliphatic rings. The first-order valence-electron chi connectivity index (χ1n) is 7.80. The Kier molecular flexibility index (Phi) is 4.45. The number of aromatic nitrogens is 3. The topological polar surface area (TPSA) is 98.1 Å². The fourth-order valence-electron chi connectivity index (χ4n) is 2.57. The lowest BCUT2D eigenvalue weighted by atomic mass is 10.0. The number of nitrogens with zero attached hydrogens (tertiary/aromatic N) is 3. The molecule has 0 aliphatic carbocycles. The third-order valence-electron chi connectivity index (χ3n) is 3.66. The first-order valence-corrected chi connectivity index (χ1v) is 7.80. The lowest BCUT2D eigenvalue weighted by molar-refractivity contribution is -0.125. The van der Waals surface area contributed by atoms with Gasteiger partial charge in [-0.15, -0.1) is 0 Å². The monoisotopic (exact) mass is 329 g/mol. The molecule has 1 atom stereocenters. The number of hydrogen-bond acceptors (Lipinski definition) is 5. The molecule has 0 spiro atoms. The van der Waals surface area contributed by atoms with Gasteiger partial charge >= 0.3 is 0 Å². The number of aryl methyl sites for hydroxylation is 1. The highest BCUT2D eigenvalue weighted by molar-refractivity contribution is 5.98. The number of fused-ring (bicyclic) bond motifs is 1. The van der Waals surface area contributed by atoms with Gasteiger partial charge in [-0.1, -0.05) is 0 Å². The van der Waals surface area contributed by atoms with Crippen LogP contribution >= 0.6 is 0 Å². The van der Waals surface area contributed by atoms with Crippen molar-refractivity contribution < 1.29 is 14.3 Å². The molecule has 0 saturated carbocycles. The molecule has 24 heavy (non-hydrogen) atoms. The van der Waals surface area contributed by atoms with Gasteiger partial charge in [-0.25, -0.2) is 4.68 Å². The van der Waals surface area contributed by atoms with Gasteiger partial charge in [0.2, 0.25) is 17.8 Å². The van der Waals surface area contributed by atoms with E-state index >= 15 is 0 Å². The fraction of sp³-hybridized carbons (Fsp3) is 0.375. The van der Waals surface area contributed by atoms with Crippen molar-refractivity contribution in [1.82, 2.24) is 14.8 Å². The summed E-state index contributed by atoms with van der Waals surface area (Å²) in [7, 11) is 0. The van der Waals surface area contributed by atoms with Crippen molar-refractivity contribution in [2.75, 3.05) is 17.2 Å². The molecule has 126 valence electrons. The minimum atomic E-state index is -0.471. The van der Waals surface area contributed by atoms with E-state index in [4.69, 9.17) is 4.74 Å². The maximum absolute atomic E-state index is 12.2. The Morgan fingerprint density at radius 3 is 2.88 bits per heavy atom. The van der Waals surface area contributed by atoms with Gasteiger partial charge in [-0.3, -0.25) is 14.9 Å². The molecule has 2 N–H and O–H groups in total.